The van der Waals surface area contributed by atoms with Crippen LogP contribution in [0.4, 0.5) is 4.79 Å². The summed E-state index contributed by atoms with van der Waals surface area (Å²) in [6.07, 6.45) is 2.52. The lowest BCUT2D eigenvalue weighted by Crippen LogP contribution is -2.54. The first-order chi connectivity index (χ1) is 14.4. The second kappa shape index (κ2) is 8.13. The van der Waals surface area contributed by atoms with Gasteiger partial charge in [0, 0.05) is 43.7 Å². The molecule has 1 saturated carbocycles. The monoisotopic (exact) mass is 410 g/mol. The SMILES string of the molecule is Cc1ccccc1C1(CNC(=O)N2CCN(C(=O)Cc3c(C)noc3C)CC2)CC1. The molecule has 7 nitrogen and oxygen atoms in total. The third-order valence-electron chi connectivity index (χ3n) is 6.58. The highest BCUT2D eigenvalue weighted by Crippen LogP contribution is 2.48. The Morgan fingerprint density at radius 2 is 1.73 bits per heavy atom. The first kappa shape index (κ1) is 20.4. The summed E-state index contributed by atoms with van der Waals surface area (Å²) in [7, 11) is 0. The summed E-state index contributed by atoms with van der Waals surface area (Å²) >= 11 is 0. The fraction of sp³-hybridized carbons (Fsp3) is 0.522. The lowest BCUT2D eigenvalue weighted by molar-refractivity contribution is -0.131. The average molecular weight is 411 g/mol. The van der Waals surface area contributed by atoms with Crippen molar-refractivity contribution in [2.45, 2.75) is 45.4 Å². The van der Waals surface area contributed by atoms with Crippen LogP contribution in [0.3, 0.4) is 0 Å². The zero-order chi connectivity index (χ0) is 21.3. The fourth-order valence-corrected chi connectivity index (χ4v) is 4.39. The van der Waals surface area contributed by atoms with Crippen LogP contribution in [0.2, 0.25) is 0 Å². The Kier molecular flexibility index (Phi) is 5.54. The number of urea groups is 1. The van der Waals surface area contributed by atoms with Crippen LogP contribution in [-0.4, -0.2) is 59.6 Å². The summed E-state index contributed by atoms with van der Waals surface area (Å²) in [4.78, 5) is 29.0. The number of carbonyl (C=O) groups is 2. The van der Waals surface area contributed by atoms with Gasteiger partial charge in [-0.25, -0.2) is 4.79 Å². The average Bonchev–Trinajstić information content (AvgIpc) is 3.48. The van der Waals surface area contributed by atoms with Crippen molar-refractivity contribution >= 4 is 11.9 Å². The van der Waals surface area contributed by atoms with E-state index in [1.54, 1.807) is 0 Å². The van der Waals surface area contributed by atoms with Crippen molar-refractivity contribution < 1.29 is 14.1 Å². The maximum atomic E-state index is 12.7. The molecule has 4 rings (SSSR count). The van der Waals surface area contributed by atoms with E-state index in [2.05, 4.69) is 41.7 Å². The number of nitrogens with one attached hydrogen (secondary N) is 1. The smallest absolute Gasteiger partial charge is 0.317 e. The van der Waals surface area contributed by atoms with Crippen molar-refractivity contribution in [2.75, 3.05) is 32.7 Å². The molecule has 0 bridgehead atoms. The van der Waals surface area contributed by atoms with Gasteiger partial charge < -0.3 is 19.6 Å². The minimum Gasteiger partial charge on any atom is -0.361 e. The Morgan fingerprint density at radius 3 is 2.33 bits per heavy atom. The first-order valence-electron chi connectivity index (χ1n) is 10.7. The van der Waals surface area contributed by atoms with Gasteiger partial charge in [-0.2, -0.15) is 0 Å². The van der Waals surface area contributed by atoms with Gasteiger partial charge in [-0.15, -0.1) is 0 Å². The summed E-state index contributed by atoms with van der Waals surface area (Å²) in [6.45, 7) is 8.70. The molecular weight excluding hydrogens is 380 g/mol. The number of benzene rings is 1. The number of nitrogens with zero attached hydrogens (tertiary/aromatic N) is 3. The fourth-order valence-electron chi connectivity index (χ4n) is 4.39. The first-order valence-corrected chi connectivity index (χ1v) is 10.7. The highest BCUT2D eigenvalue weighted by molar-refractivity contribution is 5.80. The van der Waals surface area contributed by atoms with E-state index in [0.717, 1.165) is 24.1 Å². The molecule has 1 N–H and O–H groups in total. The number of aryl methyl sites for hydroxylation is 3. The standard InChI is InChI=1S/C23H30N4O3/c1-16-6-4-5-7-20(16)23(8-9-23)15-24-22(29)27-12-10-26(11-13-27)21(28)14-19-17(2)25-30-18(19)3/h4-7H,8-15H2,1-3H3,(H,24,29). The molecule has 1 aromatic carbocycles. The topological polar surface area (TPSA) is 78.7 Å². The van der Waals surface area contributed by atoms with Crippen LogP contribution < -0.4 is 5.32 Å². The highest BCUT2D eigenvalue weighted by Gasteiger charge is 2.45. The van der Waals surface area contributed by atoms with Crippen LogP contribution in [-0.2, 0) is 16.6 Å². The zero-order valence-corrected chi connectivity index (χ0v) is 18.0. The predicted molar refractivity (Wildman–Crippen MR) is 113 cm³/mol. The number of amides is 3. The Morgan fingerprint density at radius 1 is 1.07 bits per heavy atom. The molecular formula is C23H30N4O3. The van der Waals surface area contributed by atoms with E-state index in [0.29, 0.717) is 44.9 Å². The number of piperazine rings is 1. The van der Waals surface area contributed by atoms with E-state index in [1.807, 2.05) is 23.6 Å². The number of hydrogen-bond donors (Lipinski definition) is 1. The van der Waals surface area contributed by atoms with Gasteiger partial charge >= 0.3 is 6.03 Å². The van der Waals surface area contributed by atoms with Crippen LogP contribution in [0.25, 0.3) is 0 Å². The van der Waals surface area contributed by atoms with E-state index < -0.39 is 0 Å². The van der Waals surface area contributed by atoms with Gasteiger partial charge in [0.15, 0.2) is 0 Å². The van der Waals surface area contributed by atoms with Crippen molar-refractivity contribution in [2.24, 2.45) is 0 Å². The second-order valence-corrected chi connectivity index (χ2v) is 8.60. The molecule has 0 atom stereocenters. The molecule has 2 heterocycles. The minimum atomic E-state index is -0.0346. The van der Waals surface area contributed by atoms with Crippen molar-refractivity contribution in [1.29, 1.82) is 0 Å². The van der Waals surface area contributed by atoms with E-state index in [1.165, 1.54) is 11.1 Å². The van der Waals surface area contributed by atoms with Crippen molar-refractivity contribution in [1.82, 2.24) is 20.3 Å². The van der Waals surface area contributed by atoms with Crippen molar-refractivity contribution in [3.8, 4) is 0 Å². The second-order valence-electron chi connectivity index (χ2n) is 8.60. The number of aromatic nitrogens is 1. The largest absolute Gasteiger partial charge is 0.361 e. The molecule has 2 aliphatic rings. The maximum absolute atomic E-state index is 12.7. The lowest BCUT2D eigenvalue weighted by atomic mass is 9.92. The molecule has 160 valence electrons. The van der Waals surface area contributed by atoms with E-state index >= 15 is 0 Å². The van der Waals surface area contributed by atoms with Crippen LogP contribution >= 0.6 is 0 Å². The normalized spacial score (nSPS) is 17.7. The third kappa shape index (κ3) is 4.06. The third-order valence-corrected chi connectivity index (χ3v) is 6.58. The molecule has 7 heteroatoms. The Hall–Kier alpha value is -2.83. The Labute approximate surface area is 177 Å². The van der Waals surface area contributed by atoms with Gasteiger partial charge in [0.05, 0.1) is 12.1 Å². The molecule has 0 radical (unpaired) electrons. The van der Waals surface area contributed by atoms with E-state index in [9.17, 15) is 9.59 Å². The van der Waals surface area contributed by atoms with Crippen LogP contribution in [0, 0.1) is 20.8 Å². The molecule has 1 saturated heterocycles. The Balaban J connectivity index is 1.27. The number of rotatable bonds is 5. The molecule has 2 aromatic rings. The summed E-state index contributed by atoms with van der Waals surface area (Å²) in [6, 6.07) is 8.41. The molecule has 0 spiro atoms. The van der Waals surface area contributed by atoms with Crippen LogP contribution in [0.15, 0.2) is 28.8 Å². The molecule has 30 heavy (non-hydrogen) atoms. The number of carbonyl (C=O) groups excluding carboxylic acids is 2. The molecule has 1 aromatic heterocycles. The van der Waals surface area contributed by atoms with Gasteiger partial charge in [0.2, 0.25) is 5.91 Å². The predicted octanol–water partition coefficient (Wildman–Crippen LogP) is 2.73. The van der Waals surface area contributed by atoms with Crippen LogP contribution in [0.1, 0.15) is 41.0 Å². The molecule has 0 unspecified atom stereocenters. The summed E-state index contributed by atoms with van der Waals surface area (Å²) < 4.78 is 5.15. The van der Waals surface area contributed by atoms with Gasteiger partial charge in [-0.1, -0.05) is 29.4 Å². The molecule has 1 aliphatic heterocycles. The Bertz CT molecular complexity index is 920. The van der Waals surface area contributed by atoms with E-state index in [-0.39, 0.29) is 17.4 Å². The maximum Gasteiger partial charge on any atom is 0.317 e. The van der Waals surface area contributed by atoms with Crippen LogP contribution in [0.5, 0.6) is 0 Å². The summed E-state index contributed by atoms with van der Waals surface area (Å²) in [5.41, 5.74) is 4.36. The van der Waals surface area contributed by atoms with Crippen molar-refractivity contribution in [3.63, 3.8) is 0 Å². The highest BCUT2D eigenvalue weighted by atomic mass is 16.5. The lowest BCUT2D eigenvalue weighted by Gasteiger charge is -2.35. The molecule has 2 fully saturated rings. The molecule has 3 amide bonds. The zero-order valence-electron chi connectivity index (χ0n) is 18.0. The van der Waals surface area contributed by atoms with Gasteiger partial charge in [-0.05, 0) is 44.7 Å². The van der Waals surface area contributed by atoms with Crippen molar-refractivity contribution in [3.05, 3.63) is 52.4 Å². The number of hydrogen-bond acceptors (Lipinski definition) is 4. The van der Waals surface area contributed by atoms with Gasteiger partial charge in [-0.3, -0.25) is 4.79 Å². The summed E-state index contributed by atoms with van der Waals surface area (Å²) in [5, 5.41) is 7.05. The van der Waals surface area contributed by atoms with E-state index in [4.69, 9.17) is 4.52 Å². The van der Waals surface area contributed by atoms with Gasteiger partial charge in [0.25, 0.3) is 0 Å². The van der Waals surface area contributed by atoms with Gasteiger partial charge in [0.1, 0.15) is 5.76 Å². The molecule has 1 aliphatic carbocycles. The quantitative estimate of drug-likeness (QED) is 0.822. The minimum absolute atomic E-state index is 0.0346. The summed E-state index contributed by atoms with van der Waals surface area (Å²) in [5.74, 6) is 0.752.